The predicted octanol–water partition coefficient (Wildman–Crippen LogP) is 6.28. The van der Waals surface area contributed by atoms with Gasteiger partial charge in [-0.05, 0) is 109 Å². The number of carbonyl (C=O) groups is 1. The quantitative estimate of drug-likeness (QED) is 0.376. The summed E-state index contributed by atoms with van der Waals surface area (Å²) in [6.07, 6.45) is 7.60. The summed E-state index contributed by atoms with van der Waals surface area (Å²) < 4.78 is 6.00. The van der Waals surface area contributed by atoms with Crippen molar-refractivity contribution in [2.24, 2.45) is 17.8 Å². The van der Waals surface area contributed by atoms with Gasteiger partial charge in [-0.25, -0.2) is 4.98 Å². The number of Topliss-reactive ketones (excluding diaryl/α,β-unsaturated/α-hetero) is 1. The standard InChI is InChI=1S/C30H45N3O2/c1-22(2)25-12-17-32(18-13-25)16-8-7-11-29(34)26-14-19-33(20-15-26)21-28-24(4)35-30(31-28)27-10-6-5-9-23(27)3/h5-6,9-10,22,25-26H,7-8,11-21H2,1-4H3. The zero-order valence-electron chi connectivity index (χ0n) is 22.4. The molecule has 2 aliphatic rings. The van der Waals surface area contributed by atoms with E-state index in [1.54, 1.807) is 0 Å². The maximum absolute atomic E-state index is 12.8. The van der Waals surface area contributed by atoms with Crippen LogP contribution in [-0.4, -0.2) is 53.3 Å². The summed E-state index contributed by atoms with van der Waals surface area (Å²) in [4.78, 5) is 22.7. The largest absolute Gasteiger partial charge is 0.441 e. The minimum Gasteiger partial charge on any atom is -0.441 e. The number of carbonyl (C=O) groups excluding carboxylic acids is 1. The Hall–Kier alpha value is -1.98. The van der Waals surface area contributed by atoms with Gasteiger partial charge in [-0.2, -0.15) is 0 Å². The van der Waals surface area contributed by atoms with E-state index in [0.29, 0.717) is 11.7 Å². The summed E-state index contributed by atoms with van der Waals surface area (Å²) in [6, 6.07) is 8.22. The average molecular weight is 480 g/mol. The Kier molecular flexibility index (Phi) is 9.18. The number of hydrogen-bond acceptors (Lipinski definition) is 5. The van der Waals surface area contributed by atoms with Crippen molar-refractivity contribution in [2.45, 2.75) is 79.2 Å². The number of unbranched alkanes of at least 4 members (excludes halogenated alkanes) is 1. The van der Waals surface area contributed by atoms with E-state index >= 15 is 0 Å². The smallest absolute Gasteiger partial charge is 0.226 e. The molecule has 2 aliphatic heterocycles. The first-order chi connectivity index (χ1) is 16.9. The van der Waals surface area contributed by atoms with Crippen molar-refractivity contribution in [3.05, 3.63) is 41.3 Å². The monoisotopic (exact) mass is 479 g/mol. The van der Waals surface area contributed by atoms with Gasteiger partial charge in [-0.15, -0.1) is 0 Å². The minimum atomic E-state index is 0.244. The fourth-order valence-electron chi connectivity index (χ4n) is 5.81. The number of nitrogens with zero attached hydrogens (tertiary/aromatic N) is 3. The summed E-state index contributed by atoms with van der Waals surface area (Å²) in [7, 11) is 0. The van der Waals surface area contributed by atoms with Gasteiger partial charge in [0, 0.05) is 24.4 Å². The van der Waals surface area contributed by atoms with Crippen molar-refractivity contribution >= 4 is 5.78 Å². The Bertz CT molecular complexity index is 950. The lowest BCUT2D eigenvalue weighted by atomic mass is 9.86. The van der Waals surface area contributed by atoms with Gasteiger partial charge in [0.1, 0.15) is 11.5 Å². The van der Waals surface area contributed by atoms with Crippen LogP contribution >= 0.6 is 0 Å². The molecule has 0 unspecified atom stereocenters. The first-order valence-corrected chi connectivity index (χ1v) is 13.9. The second-order valence-electron chi connectivity index (χ2n) is 11.2. The van der Waals surface area contributed by atoms with Crippen molar-refractivity contribution in [3.63, 3.8) is 0 Å². The van der Waals surface area contributed by atoms with E-state index in [4.69, 9.17) is 9.40 Å². The van der Waals surface area contributed by atoms with Crippen molar-refractivity contribution in [3.8, 4) is 11.5 Å². The van der Waals surface area contributed by atoms with Crippen LogP contribution in [0.4, 0.5) is 0 Å². The molecule has 0 saturated carbocycles. The molecule has 5 heteroatoms. The van der Waals surface area contributed by atoms with Crippen LogP contribution in [0.1, 0.15) is 75.8 Å². The molecule has 2 saturated heterocycles. The average Bonchev–Trinajstić information content (AvgIpc) is 3.22. The number of ketones is 1. The first kappa shape index (κ1) is 26.1. The molecule has 1 aromatic heterocycles. The SMILES string of the molecule is Cc1ccccc1-c1nc(CN2CCC(C(=O)CCCCN3CCC(C(C)C)CC3)CC2)c(C)o1. The van der Waals surface area contributed by atoms with Gasteiger partial charge in [-0.3, -0.25) is 9.69 Å². The molecule has 0 radical (unpaired) electrons. The van der Waals surface area contributed by atoms with E-state index in [1.165, 1.54) is 31.5 Å². The molecule has 0 aliphatic carbocycles. The van der Waals surface area contributed by atoms with Crippen LogP contribution in [0, 0.1) is 31.6 Å². The van der Waals surface area contributed by atoms with Gasteiger partial charge in [0.15, 0.2) is 0 Å². The molecule has 35 heavy (non-hydrogen) atoms. The molecule has 4 rings (SSSR count). The lowest BCUT2D eigenvalue weighted by Gasteiger charge is -2.34. The topological polar surface area (TPSA) is 49.6 Å². The number of likely N-dealkylation sites (tertiary alicyclic amines) is 2. The number of hydrogen-bond donors (Lipinski definition) is 0. The molecule has 1 aromatic carbocycles. The van der Waals surface area contributed by atoms with Crippen molar-refractivity contribution in [1.29, 1.82) is 0 Å². The maximum Gasteiger partial charge on any atom is 0.226 e. The number of benzene rings is 1. The van der Waals surface area contributed by atoms with Gasteiger partial charge in [0.25, 0.3) is 0 Å². The van der Waals surface area contributed by atoms with Crippen LogP contribution < -0.4 is 0 Å². The van der Waals surface area contributed by atoms with Gasteiger partial charge in [-0.1, -0.05) is 32.0 Å². The molecule has 0 spiro atoms. The molecular formula is C30H45N3O2. The summed E-state index contributed by atoms with van der Waals surface area (Å²) in [5.74, 6) is 4.07. The second kappa shape index (κ2) is 12.3. The highest BCUT2D eigenvalue weighted by atomic mass is 16.4. The van der Waals surface area contributed by atoms with E-state index in [1.807, 2.05) is 19.1 Å². The number of aryl methyl sites for hydroxylation is 2. The molecule has 5 nitrogen and oxygen atoms in total. The number of aromatic nitrogens is 1. The van der Waals surface area contributed by atoms with Crippen molar-refractivity contribution in [1.82, 2.24) is 14.8 Å². The van der Waals surface area contributed by atoms with Crippen LogP contribution in [-0.2, 0) is 11.3 Å². The molecule has 0 atom stereocenters. The molecule has 0 N–H and O–H groups in total. The predicted molar refractivity (Wildman–Crippen MR) is 142 cm³/mol. The minimum absolute atomic E-state index is 0.244. The third-order valence-corrected chi connectivity index (χ3v) is 8.41. The van der Waals surface area contributed by atoms with Gasteiger partial charge in [0.05, 0.1) is 5.69 Å². The summed E-state index contributed by atoms with van der Waals surface area (Å²) in [5, 5.41) is 0. The highest BCUT2D eigenvalue weighted by Gasteiger charge is 2.26. The number of piperidine rings is 2. The summed E-state index contributed by atoms with van der Waals surface area (Å²) >= 11 is 0. The highest BCUT2D eigenvalue weighted by molar-refractivity contribution is 5.81. The van der Waals surface area contributed by atoms with Crippen molar-refractivity contribution < 1.29 is 9.21 Å². The van der Waals surface area contributed by atoms with Gasteiger partial charge in [0.2, 0.25) is 5.89 Å². The van der Waals surface area contributed by atoms with E-state index < -0.39 is 0 Å². The Balaban J connectivity index is 1.15. The Morgan fingerprint density at radius 1 is 1.00 bits per heavy atom. The molecular weight excluding hydrogens is 434 g/mol. The zero-order valence-corrected chi connectivity index (χ0v) is 22.4. The Labute approximate surface area is 212 Å². The Morgan fingerprint density at radius 2 is 1.69 bits per heavy atom. The molecule has 3 heterocycles. The van der Waals surface area contributed by atoms with Gasteiger partial charge < -0.3 is 9.32 Å². The van der Waals surface area contributed by atoms with Crippen LogP contribution in [0.3, 0.4) is 0 Å². The van der Waals surface area contributed by atoms with E-state index in [0.717, 1.165) is 87.1 Å². The summed E-state index contributed by atoms with van der Waals surface area (Å²) in [5.41, 5.74) is 3.26. The number of rotatable bonds is 10. The molecule has 2 fully saturated rings. The fraction of sp³-hybridized carbons (Fsp3) is 0.667. The second-order valence-corrected chi connectivity index (χ2v) is 11.2. The third kappa shape index (κ3) is 7.04. The highest BCUT2D eigenvalue weighted by Crippen LogP contribution is 2.28. The normalized spacial score (nSPS) is 19.0. The van der Waals surface area contributed by atoms with Gasteiger partial charge >= 0.3 is 0 Å². The molecule has 0 bridgehead atoms. The van der Waals surface area contributed by atoms with Crippen LogP contribution in [0.5, 0.6) is 0 Å². The van der Waals surface area contributed by atoms with E-state index in [-0.39, 0.29) is 5.92 Å². The number of oxazole rings is 1. The van der Waals surface area contributed by atoms with E-state index in [2.05, 4.69) is 42.7 Å². The lowest BCUT2D eigenvalue weighted by Crippen LogP contribution is -2.36. The third-order valence-electron chi connectivity index (χ3n) is 8.41. The Morgan fingerprint density at radius 3 is 2.37 bits per heavy atom. The maximum atomic E-state index is 12.8. The van der Waals surface area contributed by atoms with E-state index in [9.17, 15) is 4.79 Å². The van der Waals surface area contributed by atoms with Crippen LogP contribution in [0.2, 0.25) is 0 Å². The first-order valence-electron chi connectivity index (χ1n) is 13.9. The van der Waals surface area contributed by atoms with Crippen LogP contribution in [0.25, 0.3) is 11.5 Å². The molecule has 2 aromatic rings. The summed E-state index contributed by atoms with van der Waals surface area (Å²) in [6.45, 7) is 15.2. The van der Waals surface area contributed by atoms with Crippen LogP contribution in [0.15, 0.2) is 28.7 Å². The molecule has 0 amide bonds. The van der Waals surface area contributed by atoms with Crippen molar-refractivity contribution in [2.75, 3.05) is 32.7 Å². The zero-order chi connectivity index (χ0) is 24.8. The fourth-order valence-corrected chi connectivity index (χ4v) is 5.81. The lowest BCUT2D eigenvalue weighted by molar-refractivity contribution is -0.124. The molecule has 192 valence electrons.